The number of carboxylic acids is 1. The second-order valence-corrected chi connectivity index (χ2v) is 12.2. The molecule has 0 amide bonds. The third-order valence-corrected chi connectivity index (χ3v) is 10.7. The van der Waals surface area contributed by atoms with Crippen LogP contribution in [-0.2, 0) is 4.79 Å². The van der Waals surface area contributed by atoms with Gasteiger partial charge < -0.3 is 15.3 Å². The van der Waals surface area contributed by atoms with Crippen molar-refractivity contribution < 1.29 is 20.1 Å². The minimum absolute atomic E-state index is 0.177. The van der Waals surface area contributed by atoms with Gasteiger partial charge in [0.1, 0.15) is 0 Å². The molecule has 0 radical (unpaired) electrons. The maximum atomic E-state index is 11.3. The maximum Gasteiger partial charge on any atom is 0.310 e. The Balaban J connectivity index is 1.49. The minimum atomic E-state index is -0.761. The van der Waals surface area contributed by atoms with Crippen molar-refractivity contribution in [1.29, 1.82) is 0 Å². The van der Waals surface area contributed by atoms with Crippen LogP contribution in [0, 0.1) is 52.3 Å². The lowest BCUT2D eigenvalue weighted by atomic mass is 9.43. The van der Waals surface area contributed by atoms with Crippen LogP contribution >= 0.6 is 0 Å². The van der Waals surface area contributed by atoms with E-state index in [0.717, 1.165) is 32.1 Å². The van der Waals surface area contributed by atoms with Gasteiger partial charge in [-0.05, 0) is 111 Å². The fraction of sp³-hybridized carbons (Fsp3) is 0.889. The van der Waals surface area contributed by atoms with Gasteiger partial charge in [0.2, 0.25) is 0 Å². The van der Waals surface area contributed by atoms with E-state index < -0.39 is 11.9 Å². The van der Waals surface area contributed by atoms with Crippen LogP contribution in [0.15, 0.2) is 12.2 Å². The molecule has 4 fully saturated rings. The number of hydrogen-bond donors (Lipinski definition) is 3. The van der Waals surface area contributed by atoms with E-state index in [1.54, 1.807) is 6.92 Å². The minimum Gasteiger partial charge on any atom is -0.481 e. The summed E-state index contributed by atoms with van der Waals surface area (Å²) in [6.07, 6.45) is 13.2. The predicted molar refractivity (Wildman–Crippen MR) is 122 cm³/mol. The van der Waals surface area contributed by atoms with Gasteiger partial charge in [-0.15, -0.1) is 0 Å². The van der Waals surface area contributed by atoms with Crippen molar-refractivity contribution in [2.45, 2.75) is 97.7 Å². The van der Waals surface area contributed by atoms with Gasteiger partial charge in [-0.3, -0.25) is 4.79 Å². The topological polar surface area (TPSA) is 77.8 Å². The smallest absolute Gasteiger partial charge is 0.310 e. The van der Waals surface area contributed by atoms with E-state index in [2.05, 4.69) is 26.8 Å². The van der Waals surface area contributed by atoms with Crippen LogP contribution < -0.4 is 0 Å². The first-order chi connectivity index (χ1) is 14.6. The molecule has 11 atom stereocenters. The summed E-state index contributed by atoms with van der Waals surface area (Å²) in [5.41, 5.74) is 0.565. The van der Waals surface area contributed by atoms with Crippen LogP contribution in [0.25, 0.3) is 0 Å². The summed E-state index contributed by atoms with van der Waals surface area (Å²) in [5.74, 6) is 2.08. The summed E-state index contributed by atoms with van der Waals surface area (Å²) in [6.45, 7) is 9.05. The van der Waals surface area contributed by atoms with Crippen molar-refractivity contribution in [3.63, 3.8) is 0 Å². The molecule has 1 unspecified atom stereocenters. The summed E-state index contributed by atoms with van der Waals surface area (Å²) < 4.78 is 0. The molecular weight excluding hydrogens is 388 g/mol. The highest BCUT2D eigenvalue weighted by molar-refractivity contribution is 5.71. The molecule has 0 aliphatic heterocycles. The number of aliphatic hydroxyl groups excluding tert-OH is 2. The lowest BCUT2D eigenvalue weighted by molar-refractivity contribution is -0.174. The van der Waals surface area contributed by atoms with Gasteiger partial charge in [0.25, 0.3) is 0 Å². The first-order valence-corrected chi connectivity index (χ1v) is 12.8. The third-order valence-electron chi connectivity index (χ3n) is 10.7. The number of aliphatic carboxylic acids is 1. The van der Waals surface area contributed by atoms with E-state index in [1.165, 1.54) is 25.7 Å². The third kappa shape index (κ3) is 3.90. The van der Waals surface area contributed by atoms with Crippen LogP contribution in [0.4, 0.5) is 0 Å². The molecule has 4 nitrogen and oxygen atoms in total. The number of carboxylic acid groups (broad SMARTS) is 1. The molecule has 0 bridgehead atoms. The molecule has 4 heteroatoms. The van der Waals surface area contributed by atoms with Gasteiger partial charge in [-0.1, -0.05) is 32.9 Å². The highest BCUT2D eigenvalue weighted by Crippen LogP contribution is 2.68. The molecular formula is C27H44O4. The number of carbonyl (C=O) groups is 1. The molecule has 31 heavy (non-hydrogen) atoms. The molecule has 0 spiro atoms. The van der Waals surface area contributed by atoms with Crippen LogP contribution in [0.2, 0.25) is 0 Å². The molecule has 4 rings (SSSR count). The normalized spacial score (nSPS) is 49.2. The monoisotopic (exact) mass is 432 g/mol. The first kappa shape index (κ1) is 23.3. The average molecular weight is 433 g/mol. The van der Waals surface area contributed by atoms with Crippen molar-refractivity contribution in [1.82, 2.24) is 0 Å². The van der Waals surface area contributed by atoms with Gasteiger partial charge >= 0.3 is 5.97 Å². The summed E-state index contributed by atoms with van der Waals surface area (Å²) in [6, 6.07) is 0. The fourth-order valence-corrected chi connectivity index (χ4v) is 8.92. The summed E-state index contributed by atoms with van der Waals surface area (Å²) in [5, 5.41) is 30.7. The molecule has 3 N–H and O–H groups in total. The Morgan fingerprint density at radius 2 is 1.68 bits per heavy atom. The SMILES string of the molecule is CC(/C=C/C[C@@H](C)[C@H]1CC[C@H]2[C@@H]3[C@H](O)C[C@@H]4C[C@H](O)CC[C@]4(C)[C@H]3CC[C@]12C)C(=O)O. The molecule has 0 aromatic heterocycles. The zero-order valence-electron chi connectivity index (χ0n) is 20.0. The van der Waals surface area contributed by atoms with Crippen molar-refractivity contribution >= 4 is 5.97 Å². The molecule has 4 aliphatic rings. The Kier molecular flexibility index (Phi) is 6.37. The van der Waals surface area contributed by atoms with Crippen molar-refractivity contribution in [3.8, 4) is 0 Å². The molecule has 4 aliphatic carbocycles. The number of aliphatic hydroxyl groups is 2. The second-order valence-electron chi connectivity index (χ2n) is 12.2. The molecule has 176 valence electrons. The van der Waals surface area contributed by atoms with Crippen molar-refractivity contribution in [3.05, 3.63) is 12.2 Å². The van der Waals surface area contributed by atoms with Gasteiger partial charge in [0, 0.05) is 0 Å². The van der Waals surface area contributed by atoms with Crippen molar-refractivity contribution in [2.24, 2.45) is 52.3 Å². The average Bonchev–Trinajstić information content (AvgIpc) is 3.06. The number of hydrogen-bond acceptors (Lipinski definition) is 3. The van der Waals surface area contributed by atoms with E-state index in [0.29, 0.717) is 35.5 Å². The zero-order chi connectivity index (χ0) is 22.6. The molecule has 4 saturated carbocycles. The number of allylic oxidation sites excluding steroid dienone is 1. The van der Waals surface area contributed by atoms with Crippen LogP contribution in [0.3, 0.4) is 0 Å². The van der Waals surface area contributed by atoms with E-state index in [1.807, 2.05) is 6.08 Å². The lowest BCUT2D eigenvalue weighted by Crippen LogP contribution is -2.58. The standard InChI is InChI=1S/C27H44O4/c1-16(6-5-7-17(2)25(30)31)20-8-9-21-24-22(11-13-27(20,21)4)26(3)12-10-19(28)14-18(26)15-23(24)29/h5,7,16-24,28-29H,6,8-15H2,1-4H3,(H,30,31)/b7-5+/t16-,17?,18+,19-,20-,21+,22+,23-,24+,26+,27-/m1/s1. The van der Waals surface area contributed by atoms with Gasteiger partial charge in [0.15, 0.2) is 0 Å². The Hall–Kier alpha value is -0.870. The summed E-state index contributed by atoms with van der Waals surface area (Å²) in [7, 11) is 0. The lowest BCUT2D eigenvalue weighted by Gasteiger charge is -2.62. The first-order valence-electron chi connectivity index (χ1n) is 12.8. The Labute approximate surface area is 188 Å². The Morgan fingerprint density at radius 1 is 1.00 bits per heavy atom. The molecule has 0 aromatic carbocycles. The van der Waals surface area contributed by atoms with E-state index in [4.69, 9.17) is 5.11 Å². The number of rotatable bonds is 5. The summed E-state index contributed by atoms with van der Waals surface area (Å²) >= 11 is 0. The van der Waals surface area contributed by atoms with Crippen LogP contribution in [-0.4, -0.2) is 33.5 Å². The van der Waals surface area contributed by atoms with Crippen molar-refractivity contribution in [2.75, 3.05) is 0 Å². The highest BCUT2D eigenvalue weighted by atomic mass is 16.4. The van der Waals surface area contributed by atoms with E-state index in [-0.39, 0.29) is 23.0 Å². The predicted octanol–water partition coefficient (Wildman–Crippen LogP) is 5.28. The summed E-state index contributed by atoms with van der Waals surface area (Å²) in [4.78, 5) is 11.1. The molecule has 0 aromatic rings. The molecule has 0 saturated heterocycles. The maximum absolute atomic E-state index is 11.3. The van der Waals surface area contributed by atoms with E-state index >= 15 is 0 Å². The Morgan fingerprint density at radius 3 is 2.39 bits per heavy atom. The van der Waals surface area contributed by atoms with E-state index in [9.17, 15) is 15.0 Å². The van der Waals surface area contributed by atoms with Gasteiger partial charge in [0.05, 0.1) is 18.1 Å². The van der Waals surface area contributed by atoms with Gasteiger partial charge in [-0.25, -0.2) is 0 Å². The fourth-order valence-electron chi connectivity index (χ4n) is 8.92. The second kappa shape index (κ2) is 8.48. The highest BCUT2D eigenvalue weighted by Gasteiger charge is 2.62. The van der Waals surface area contributed by atoms with Gasteiger partial charge in [-0.2, -0.15) is 0 Å². The number of fused-ring (bicyclic) bond motifs is 5. The van der Waals surface area contributed by atoms with Crippen LogP contribution in [0.5, 0.6) is 0 Å². The zero-order valence-corrected chi connectivity index (χ0v) is 20.0. The van der Waals surface area contributed by atoms with Crippen LogP contribution in [0.1, 0.15) is 85.5 Å². The largest absolute Gasteiger partial charge is 0.481 e. The quantitative estimate of drug-likeness (QED) is 0.517. The molecule has 0 heterocycles. The Bertz CT molecular complexity index is 703.